The maximum Gasteiger partial charge on any atom is 0.344 e. The van der Waals surface area contributed by atoms with Gasteiger partial charge >= 0.3 is 11.3 Å². The molecular formula is C46H30O6. The minimum Gasteiger partial charge on any atom is -0.497 e. The van der Waals surface area contributed by atoms with E-state index in [0.717, 1.165) is 44.7 Å². The highest BCUT2D eigenvalue weighted by molar-refractivity contribution is 6.27. The third kappa shape index (κ3) is 6.03. The number of carbonyl (C=O) groups is 1. The molecule has 8 rings (SSSR count). The van der Waals surface area contributed by atoms with Crippen molar-refractivity contribution < 1.29 is 18.4 Å². The molecule has 0 amide bonds. The van der Waals surface area contributed by atoms with Crippen molar-refractivity contribution in [2.45, 2.75) is 0 Å². The molecule has 0 fully saturated rings. The molecule has 0 aliphatic heterocycles. The molecule has 0 saturated carbocycles. The van der Waals surface area contributed by atoms with Crippen LogP contribution >= 0.6 is 0 Å². The summed E-state index contributed by atoms with van der Waals surface area (Å²) in [4.78, 5) is 39.5. The molecule has 8 aromatic rings. The lowest BCUT2D eigenvalue weighted by molar-refractivity contribution is 0.112. The zero-order valence-corrected chi connectivity index (χ0v) is 28.0. The molecule has 7 aromatic carbocycles. The number of carbonyl (C=O) groups excluding carboxylic acids is 1. The number of fused-ring (bicyclic) bond motifs is 8. The quantitative estimate of drug-likeness (QED) is 0.128. The first kappa shape index (κ1) is 32.2. The molecule has 6 nitrogen and oxygen atoms in total. The second-order valence-corrected chi connectivity index (χ2v) is 12.3. The SMILES string of the molecule is COc1ccc(/C=C/c2cc3ccccc3c3c2oc(=O)c2ccccc2c(=O)oc2c(/C=C/c4ccc(C=O)cc4)cc4ccccc4c23)cc1. The van der Waals surface area contributed by atoms with Crippen LogP contribution in [0.5, 0.6) is 5.75 Å². The molecule has 0 spiro atoms. The number of benzene rings is 7. The summed E-state index contributed by atoms with van der Waals surface area (Å²) < 4.78 is 18.2. The van der Waals surface area contributed by atoms with Crippen molar-refractivity contribution in [1.29, 1.82) is 0 Å². The molecule has 6 heteroatoms. The summed E-state index contributed by atoms with van der Waals surface area (Å²) in [6, 6.07) is 41.1. The van der Waals surface area contributed by atoms with Crippen molar-refractivity contribution in [2.75, 3.05) is 7.11 Å². The van der Waals surface area contributed by atoms with E-state index in [2.05, 4.69) is 0 Å². The van der Waals surface area contributed by atoms with E-state index in [4.69, 9.17) is 13.6 Å². The van der Waals surface area contributed by atoms with Crippen LogP contribution in [-0.4, -0.2) is 13.4 Å². The van der Waals surface area contributed by atoms with Gasteiger partial charge in [0, 0.05) is 27.5 Å². The van der Waals surface area contributed by atoms with Gasteiger partial charge in [0.15, 0.2) is 0 Å². The van der Waals surface area contributed by atoms with Crippen molar-refractivity contribution in [1.82, 2.24) is 0 Å². The van der Waals surface area contributed by atoms with Crippen LogP contribution in [0.25, 0.3) is 78.6 Å². The van der Waals surface area contributed by atoms with E-state index in [-0.39, 0.29) is 10.8 Å². The van der Waals surface area contributed by atoms with Gasteiger partial charge < -0.3 is 13.6 Å². The Kier molecular flexibility index (Phi) is 8.47. The Balaban J connectivity index is 1.59. The summed E-state index contributed by atoms with van der Waals surface area (Å²) in [5.74, 6) is 0.744. The molecule has 0 unspecified atom stereocenters. The number of rotatable bonds is 6. The van der Waals surface area contributed by atoms with Crippen molar-refractivity contribution in [3.63, 3.8) is 0 Å². The van der Waals surface area contributed by atoms with Crippen LogP contribution in [0.15, 0.2) is 152 Å². The number of aldehydes is 1. The Labute approximate surface area is 297 Å². The summed E-state index contributed by atoms with van der Waals surface area (Å²) in [6.45, 7) is 0. The van der Waals surface area contributed by atoms with Gasteiger partial charge in [-0.2, -0.15) is 0 Å². The summed E-state index contributed by atoms with van der Waals surface area (Å²) >= 11 is 0. The van der Waals surface area contributed by atoms with Gasteiger partial charge in [-0.1, -0.05) is 121 Å². The molecular weight excluding hydrogens is 648 g/mol. The van der Waals surface area contributed by atoms with Crippen molar-refractivity contribution in [3.8, 4) is 5.75 Å². The first-order valence-electron chi connectivity index (χ1n) is 16.7. The Morgan fingerprint density at radius 3 is 1.33 bits per heavy atom. The zero-order valence-electron chi connectivity index (χ0n) is 28.0. The Morgan fingerprint density at radius 1 is 0.481 bits per heavy atom. The molecule has 0 saturated heterocycles. The average Bonchev–Trinajstić information content (AvgIpc) is 3.19. The van der Waals surface area contributed by atoms with Crippen molar-refractivity contribution >= 4 is 84.8 Å². The molecule has 0 aliphatic rings. The van der Waals surface area contributed by atoms with Crippen LogP contribution in [0.1, 0.15) is 32.6 Å². The van der Waals surface area contributed by atoms with Crippen LogP contribution in [0.4, 0.5) is 0 Å². The molecule has 52 heavy (non-hydrogen) atoms. The molecule has 1 aromatic heterocycles. The van der Waals surface area contributed by atoms with Crippen LogP contribution in [0.3, 0.4) is 0 Å². The Bertz CT molecular complexity index is 2930. The van der Waals surface area contributed by atoms with Gasteiger partial charge in [-0.05, 0) is 69.1 Å². The summed E-state index contributed by atoms with van der Waals surface area (Å²) in [5, 5.41) is 4.83. The highest BCUT2D eigenvalue weighted by Gasteiger charge is 2.16. The Morgan fingerprint density at radius 2 is 0.885 bits per heavy atom. The standard InChI is InChI=1S/C46H30O6/c1-50-36-24-20-30(21-25-36)19-23-35-27-33-9-3-5-11-38(33)42-41-37-10-4-2-8-32(37)26-34(22-18-29-14-16-31(28-47)17-15-29)43(41)51-45(48)39-12-6-7-13-40(39)46(49)52-44(35)42/h2-28H,1H3/b22-18+,23-19+. The minimum absolute atomic E-state index is 0.0885. The van der Waals surface area contributed by atoms with Gasteiger partial charge in [0.1, 0.15) is 23.2 Å². The van der Waals surface area contributed by atoms with E-state index < -0.39 is 11.3 Å². The van der Waals surface area contributed by atoms with E-state index >= 15 is 0 Å². The van der Waals surface area contributed by atoms with Crippen LogP contribution in [0.2, 0.25) is 0 Å². The van der Waals surface area contributed by atoms with E-state index in [1.165, 1.54) is 0 Å². The lowest BCUT2D eigenvalue weighted by atomic mass is 9.94. The smallest absolute Gasteiger partial charge is 0.344 e. The van der Waals surface area contributed by atoms with Gasteiger partial charge in [0.05, 0.1) is 17.9 Å². The van der Waals surface area contributed by atoms with Gasteiger partial charge in [0.2, 0.25) is 0 Å². The molecule has 0 N–H and O–H groups in total. The van der Waals surface area contributed by atoms with Crippen molar-refractivity contribution in [2.24, 2.45) is 0 Å². The molecule has 0 aliphatic carbocycles. The largest absolute Gasteiger partial charge is 0.497 e. The predicted octanol–water partition coefficient (Wildman–Crippen LogP) is 10.6. The maximum absolute atomic E-state index is 14.1. The summed E-state index contributed by atoms with van der Waals surface area (Å²) in [7, 11) is 1.63. The summed E-state index contributed by atoms with van der Waals surface area (Å²) in [5.41, 5.74) is 2.94. The zero-order chi connectivity index (χ0) is 35.6. The fraction of sp³-hybridized carbons (Fsp3) is 0.0217. The average molecular weight is 679 g/mol. The number of hydrogen-bond acceptors (Lipinski definition) is 6. The fourth-order valence-electron chi connectivity index (χ4n) is 6.57. The topological polar surface area (TPSA) is 86.7 Å². The summed E-state index contributed by atoms with van der Waals surface area (Å²) in [6.07, 6.45) is 8.49. The number of ether oxygens (including phenoxy) is 1. The van der Waals surface area contributed by atoms with E-state index in [1.54, 1.807) is 43.5 Å². The molecule has 0 radical (unpaired) electrons. The van der Waals surface area contributed by atoms with Gasteiger partial charge in [-0.15, -0.1) is 0 Å². The number of methoxy groups -OCH3 is 1. The lowest BCUT2D eigenvalue weighted by Crippen LogP contribution is -2.04. The lowest BCUT2D eigenvalue weighted by Gasteiger charge is -2.11. The number of hydrogen-bond donors (Lipinski definition) is 0. The maximum atomic E-state index is 14.1. The van der Waals surface area contributed by atoms with E-state index in [9.17, 15) is 14.4 Å². The second-order valence-electron chi connectivity index (χ2n) is 12.3. The highest BCUT2D eigenvalue weighted by atomic mass is 16.5. The van der Waals surface area contributed by atoms with Gasteiger partial charge in [0.25, 0.3) is 0 Å². The van der Waals surface area contributed by atoms with Crippen molar-refractivity contribution in [3.05, 3.63) is 182 Å². The van der Waals surface area contributed by atoms with E-state index in [1.807, 2.05) is 121 Å². The third-order valence-electron chi connectivity index (χ3n) is 9.17. The molecule has 250 valence electrons. The highest BCUT2D eigenvalue weighted by Crippen LogP contribution is 2.38. The Hall–Kier alpha value is -7.05. The van der Waals surface area contributed by atoms with Crippen LogP contribution in [0, 0.1) is 0 Å². The monoisotopic (exact) mass is 678 g/mol. The van der Waals surface area contributed by atoms with Crippen LogP contribution < -0.4 is 16.0 Å². The molecule has 1 heterocycles. The normalized spacial score (nSPS) is 11.6. The first-order valence-corrected chi connectivity index (χ1v) is 16.7. The third-order valence-corrected chi connectivity index (χ3v) is 9.17. The minimum atomic E-state index is -0.683. The fourth-order valence-corrected chi connectivity index (χ4v) is 6.57. The second kappa shape index (κ2) is 13.7. The predicted molar refractivity (Wildman–Crippen MR) is 211 cm³/mol. The molecule has 0 bridgehead atoms. The van der Waals surface area contributed by atoms with Gasteiger partial charge in [-0.3, -0.25) is 4.79 Å². The first-order chi connectivity index (χ1) is 25.5. The van der Waals surface area contributed by atoms with Gasteiger partial charge in [-0.25, -0.2) is 9.59 Å². The van der Waals surface area contributed by atoms with E-state index in [0.29, 0.717) is 38.6 Å². The molecule has 0 atom stereocenters. The van der Waals surface area contributed by atoms with Crippen LogP contribution in [-0.2, 0) is 0 Å².